The molecule has 12 heavy (non-hydrogen) atoms. The smallest absolute Gasteiger partial charge is 0.113 e. The Bertz CT molecular complexity index is 278. The predicted octanol–water partition coefficient (Wildman–Crippen LogP) is 0.436. The van der Waals surface area contributed by atoms with Crippen molar-refractivity contribution >= 4 is 12.1 Å². The summed E-state index contributed by atoms with van der Waals surface area (Å²) in [5.74, 6) is 0.0649. The van der Waals surface area contributed by atoms with Crippen molar-refractivity contribution in [2.45, 2.75) is 0 Å². The zero-order valence-corrected chi connectivity index (χ0v) is 6.57. The van der Waals surface area contributed by atoms with Crippen molar-refractivity contribution in [2.75, 3.05) is 6.54 Å². The van der Waals surface area contributed by atoms with E-state index in [1.807, 2.05) is 12.1 Å². The van der Waals surface area contributed by atoms with Crippen molar-refractivity contribution in [2.24, 2.45) is 10.7 Å². The van der Waals surface area contributed by atoms with E-state index < -0.39 is 0 Å². The molecular weight excluding hydrogens is 152 g/mol. The normalized spacial score (nSPS) is 10.3. The minimum Gasteiger partial charge on any atom is -0.386 e. The number of rotatable bonds is 3. The van der Waals surface area contributed by atoms with Crippen molar-refractivity contribution in [3.63, 3.8) is 0 Å². The summed E-state index contributed by atoms with van der Waals surface area (Å²) in [6.07, 6.45) is 5.04. The molecule has 1 aromatic heterocycles. The molecule has 4 nitrogen and oxygen atoms in total. The quantitative estimate of drug-likeness (QED) is 0.499. The number of hydrogen-bond acceptors (Lipinski definition) is 3. The van der Waals surface area contributed by atoms with E-state index in [1.165, 1.54) is 0 Å². The highest BCUT2D eigenvalue weighted by atomic mass is 14.8. The number of amidine groups is 1. The van der Waals surface area contributed by atoms with Crippen LogP contribution in [0.5, 0.6) is 0 Å². The molecule has 0 aromatic carbocycles. The molecule has 4 heteroatoms. The fourth-order valence-electron chi connectivity index (χ4n) is 0.702. The highest BCUT2D eigenvalue weighted by Crippen LogP contribution is 1.89. The standard InChI is InChI=1S/C8H10N4/c9-8(10)6-12-5-7-2-1-3-11-4-7/h1-5H,6H2,(H3,9,10). The van der Waals surface area contributed by atoms with Gasteiger partial charge in [0.15, 0.2) is 0 Å². The Hall–Kier alpha value is -1.71. The molecule has 0 unspecified atom stereocenters. The molecule has 0 aliphatic heterocycles. The minimum atomic E-state index is 0.0649. The summed E-state index contributed by atoms with van der Waals surface area (Å²) >= 11 is 0. The van der Waals surface area contributed by atoms with Gasteiger partial charge in [-0.05, 0) is 6.07 Å². The first kappa shape index (κ1) is 8.39. The van der Waals surface area contributed by atoms with Gasteiger partial charge in [0.25, 0.3) is 0 Å². The number of nitrogens with two attached hydrogens (primary N) is 1. The van der Waals surface area contributed by atoms with Gasteiger partial charge in [0.05, 0.1) is 6.54 Å². The van der Waals surface area contributed by atoms with Crippen LogP contribution in [0.1, 0.15) is 5.56 Å². The average molecular weight is 162 g/mol. The molecule has 1 heterocycles. The second-order valence-electron chi connectivity index (χ2n) is 2.28. The van der Waals surface area contributed by atoms with Crippen molar-refractivity contribution in [1.29, 1.82) is 5.41 Å². The van der Waals surface area contributed by atoms with Gasteiger partial charge in [0.2, 0.25) is 0 Å². The number of aromatic nitrogens is 1. The van der Waals surface area contributed by atoms with Crippen LogP contribution in [0.25, 0.3) is 0 Å². The van der Waals surface area contributed by atoms with Crippen LogP contribution in [0, 0.1) is 5.41 Å². The van der Waals surface area contributed by atoms with Crippen LogP contribution in [-0.4, -0.2) is 23.6 Å². The third kappa shape index (κ3) is 2.92. The van der Waals surface area contributed by atoms with E-state index >= 15 is 0 Å². The first-order valence-electron chi connectivity index (χ1n) is 3.52. The van der Waals surface area contributed by atoms with Crippen LogP contribution < -0.4 is 5.73 Å². The Labute approximate surface area is 70.7 Å². The molecule has 0 saturated heterocycles. The first-order chi connectivity index (χ1) is 5.79. The zero-order chi connectivity index (χ0) is 8.81. The van der Waals surface area contributed by atoms with Gasteiger partial charge in [-0.3, -0.25) is 15.4 Å². The number of nitrogens with zero attached hydrogens (tertiary/aromatic N) is 2. The highest BCUT2D eigenvalue weighted by Gasteiger charge is 1.85. The molecule has 0 radical (unpaired) electrons. The Morgan fingerprint density at radius 3 is 3.17 bits per heavy atom. The first-order valence-corrected chi connectivity index (χ1v) is 3.52. The Balaban J connectivity index is 2.52. The molecule has 0 spiro atoms. The van der Waals surface area contributed by atoms with Crippen LogP contribution in [-0.2, 0) is 0 Å². The highest BCUT2D eigenvalue weighted by molar-refractivity contribution is 5.84. The van der Waals surface area contributed by atoms with E-state index in [0.29, 0.717) is 0 Å². The van der Waals surface area contributed by atoms with Gasteiger partial charge >= 0.3 is 0 Å². The molecule has 1 aromatic rings. The minimum absolute atomic E-state index is 0.0649. The summed E-state index contributed by atoms with van der Waals surface area (Å²) < 4.78 is 0. The van der Waals surface area contributed by atoms with Crippen LogP contribution in [0.2, 0.25) is 0 Å². The molecule has 0 aliphatic rings. The topological polar surface area (TPSA) is 75.1 Å². The van der Waals surface area contributed by atoms with Crippen LogP contribution in [0.3, 0.4) is 0 Å². The van der Waals surface area contributed by atoms with E-state index in [9.17, 15) is 0 Å². The summed E-state index contributed by atoms with van der Waals surface area (Å²) in [7, 11) is 0. The van der Waals surface area contributed by atoms with Crippen molar-refractivity contribution in [3.8, 4) is 0 Å². The van der Waals surface area contributed by atoms with Crippen molar-refractivity contribution < 1.29 is 0 Å². The fraction of sp³-hybridized carbons (Fsp3) is 0.125. The molecule has 0 bridgehead atoms. The lowest BCUT2D eigenvalue weighted by Crippen LogP contribution is -2.12. The zero-order valence-electron chi connectivity index (χ0n) is 6.57. The molecule has 0 amide bonds. The molecule has 1 rings (SSSR count). The van der Waals surface area contributed by atoms with Crippen LogP contribution in [0.15, 0.2) is 29.5 Å². The number of aliphatic imine (C=N–C) groups is 1. The molecular formula is C8H10N4. The van der Waals surface area contributed by atoms with Gasteiger partial charge < -0.3 is 5.73 Å². The van der Waals surface area contributed by atoms with E-state index in [0.717, 1.165) is 5.56 Å². The van der Waals surface area contributed by atoms with Gasteiger partial charge in [0.1, 0.15) is 5.84 Å². The van der Waals surface area contributed by atoms with E-state index in [2.05, 4.69) is 9.98 Å². The number of nitrogens with one attached hydrogen (secondary N) is 1. The summed E-state index contributed by atoms with van der Waals surface area (Å²) in [6, 6.07) is 3.71. The maximum atomic E-state index is 6.91. The van der Waals surface area contributed by atoms with Gasteiger partial charge in [0, 0.05) is 24.2 Å². The summed E-state index contributed by atoms with van der Waals surface area (Å²) in [4.78, 5) is 7.83. The molecule has 0 saturated carbocycles. The molecule has 0 fully saturated rings. The largest absolute Gasteiger partial charge is 0.386 e. The lowest BCUT2D eigenvalue weighted by Gasteiger charge is -1.90. The molecule has 0 atom stereocenters. The maximum absolute atomic E-state index is 6.91. The fourth-order valence-corrected chi connectivity index (χ4v) is 0.702. The average Bonchev–Trinajstić information content (AvgIpc) is 2.05. The second-order valence-corrected chi connectivity index (χ2v) is 2.28. The van der Waals surface area contributed by atoms with Crippen molar-refractivity contribution in [3.05, 3.63) is 30.1 Å². The van der Waals surface area contributed by atoms with Gasteiger partial charge in [-0.2, -0.15) is 0 Å². The van der Waals surface area contributed by atoms with Crippen molar-refractivity contribution in [1.82, 2.24) is 4.98 Å². The summed E-state index contributed by atoms with van der Waals surface area (Å²) in [5.41, 5.74) is 6.03. The number of hydrogen-bond donors (Lipinski definition) is 2. The van der Waals surface area contributed by atoms with Crippen LogP contribution in [0.4, 0.5) is 0 Å². The molecule has 3 N–H and O–H groups in total. The molecule has 62 valence electrons. The maximum Gasteiger partial charge on any atom is 0.113 e. The summed E-state index contributed by atoms with van der Waals surface area (Å²) in [5, 5.41) is 6.91. The third-order valence-electron chi connectivity index (χ3n) is 1.19. The second kappa shape index (κ2) is 4.23. The predicted molar refractivity (Wildman–Crippen MR) is 48.6 cm³/mol. The van der Waals surface area contributed by atoms with E-state index in [4.69, 9.17) is 11.1 Å². The van der Waals surface area contributed by atoms with E-state index in [-0.39, 0.29) is 12.4 Å². The van der Waals surface area contributed by atoms with Gasteiger partial charge in [-0.25, -0.2) is 0 Å². The third-order valence-corrected chi connectivity index (χ3v) is 1.19. The van der Waals surface area contributed by atoms with E-state index in [1.54, 1.807) is 18.6 Å². The Kier molecular flexibility index (Phi) is 2.95. The lowest BCUT2D eigenvalue weighted by atomic mass is 10.3. The Morgan fingerprint density at radius 1 is 1.75 bits per heavy atom. The van der Waals surface area contributed by atoms with Crippen LogP contribution >= 0.6 is 0 Å². The van der Waals surface area contributed by atoms with Gasteiger partial charge in [-0.15, -0.1) is 0 Å². The lowest BCUT2D eigenvalue weighted by molar-refractivity contribution is 1.23. The SMILES string of the molecule is N=C(N)CN=Cc1cccnc1. The summed E-state index contributed by atoms with van der Waals surface area (Å²) in [6.45, 7) is 0.245. The number of pyridine rings is 1. The Morgan fingerprint density at radius 2 is 2.58 bits per heavy atom. The monoisotopic (exact) mass is 162 g/mol. The van der Waals surface area contributed by atoms with Gasteiger partial charge in [-0.1, -0.05) is 6.07 Å². The molecule has 0 aliphatic carbocycles.